The van der Waals surface area contributed by atoms with E-state index >= 15 is 0 Å². The van der Waals surface area contributed by atoms with Gasteiger partial charge in [-0.2, -0.15) is 0 Å². The molecule has 0 amide bonds. The average molecular weight is 1000 g/mol. The minimum absolute atomic E-state index is 0.119. The summed E-state index contributed by atoms with van der Waals surface area (Å²) in [5.74, 6) is 0. The Morgan fingerprint density at radius 1 is 0.295 bits per heavy atom. The number of hydrogen-bond donors (Lipinski definition) is 0. The summed E-state index contributed by atoms with van der Waals surface area (Å²) in [4.78, 5) is 7.75. The molecule has 0 spiro atoms. The Morgan fingerprint density at radius 2 is 0.603 bits per heavy atom. The second-order valence-corrected chi connectivity index (χ2v) is 22.9. The zero-order valence-electron chi connectivity index (χ0n) is 45.3. The largest absolute Gasteiger partial charge is 0.310 e. The van der Waals surface area contributed by atoms with Crippen LogP contribution in [-0.4, -0.2) is 6.71 Å². The molecule has 0 atom stereocenters. The van der Waals surface area contributed by atoms with Gasteiger partial charge in [0, 0.05) is 56.4 Å². The minimum Gasteiger partial charge on any atom is -0.310 e. The van der Waals surface area contributed by atoms with Crippen LogP contribution in [-0.2, 0) is 10.8 Å². The Bertz CT molecular complexity index is 3610. The second kappa shape index (κ2) is 19.5. The molecule has 13 rings (SSSR count). The fourth-order valence-electron chi connectivity index (χ4n) is 12.1. The third-order valence-electron chi connectivity index (χ3n) is 15.9. The summed E-state index contributed by atoms with van der Waals surface area (Å²) >= 11 is 0. The minimum atomic E-state index is -0.138. The second-order valence-electron chi connectivity index (χ2n) is 22.9. The first-order chi connectivity index (χ1) is 38.0. The van der Waals surface area contributed by atoms with E-state index in [-0.39, 0.29) is 17.5 Å². The van der Waals surface area contributed by atoms with Gasteiger partial charge < -0.3 is 14.7 Å². The van der Waals surface area contributed by atoms with Gasteiger partial charge in [-0.25, -0.2) is 0 Å². The van der Waals surface area contributed by atoms with Crippen LogP contribution < -0.4 is 31.1 Å². The smallest absolute Gasteiger partial charge is 0.252 e. The highest BCUT2D eigenvalue weighted by Crippen LogP contribution is 2.54. The Balaban J connectivity index is 1.25. The highest BCUT2D eigenvalue weighted by Gasteiger charge is 2.46. The van der Waals surface area contributed by atoms with Crippen molar-refractivity contribution < 1.29 is 0 Å². The molecule has 0 saturated heterocycles. The molecule has 0 unspecified atom stereocenters. The van der Waals surface area contributed by atoms with E-state index in [0.717, 1.165) is 84.3 Å². The molecule has 2 heterocycles. The van der Waals surface area contributed by atoms with E-state index in [0.29, 0.717) is 0 Å². The standard InChI is InChI=1S/C74H62BN3/c1-73(2,3)55-43-45-66-64(47-55)75-65-48-56(74(4,5)6)44-46-67(65)78(72-62(53-31-17-9-18-32-53)41-26-42-63(72)54-33-19-10-20-34-54)69-50-59(76(57-35-21-11-22-36-57)58-37-23-12-24-38-58)49-68(70(69)75)77(66)71-60(51-27-13-7-14-28-51)39-25-40-61(71)52-29-15-8-16-30-52/h7-50H,1-6H3. The maximum absolute atomic E-state index is 2.65. The molecule has 3 nitrogen and oxygen atoms in total. The molecule has 2 aliphatic heterocycles. The molecule has 11 aromatic carbocycles. The van der Waals surface area contributed by atoms with Crippen molar-refractivity contribution in [1.82, 2.24) is 0 Å². The number of anilines is 9. The van der Waals surface area contributed by atoms with E-state index in [1.807, 2.05) is 0 Å². The van der Waals surface area contributed by atoms with Gasteiger partial charge in [0.1, 0.15) is 0 Å². The molecule has 0 bridgehead atoms. The Labute approximate surface area is 461 Å². The van der Waals surface area contributed by atoms with Crippen molar-refractivity contribution in [2.24, 2.45) is 0 Å². The lowest BCUT2D eigenvalue weighted by Crippen LogP contribution is -2.61. The summed E-state index contributed by atoms with van der Waals surface area (Å²) in [6.07, 6.45) is 0. The zero-order valence-corrected chi connectivity index (χ0v) is 45.3. The summed E-state index contributed by atoms with van der Waals surface area (Å²) in [6.45, 7) is 14.0. The summed E-state index contributed by atoms with van der Waals surface area (Å²) in [6, 6.07) is 99.2. The van der Waals surface area contributed by atoms with E-state index < -0.39 is 0 Å². The van der Waals surface area contributed by atoms with Crippen molar-refractivity contribution in [2.75, 3.05) is 14.7 Å². The van der Waals surface area contributed by atoms with Crippen LogP contribution in [0.25, 0.3) is 44.5 Å². The van der Waals surface area contributed by atoms with Gasteiger partial charge in [-0.15, -0.1) is 0 Å². The Hall–Kier alpha value is -9.12. The predicted octanol–water partition coefficient (Wildman–Crippen LogP) is 18.5. The molecule has 0 saturated carbocycles. The highest BCUT2D eigenvalue weighted by atomic mass is 15.2. The monoisotopic (exact) mass is 1000 g/mol. The molecule has 0 fully saturated rings. The first-order valence-electron chi connectivity index (χ1n) is 27.5. The van der Waals surface area contributed by atoms with E-state index in [2.05, 4.69) is 323 Å². The third kappa shape index (κ3) is 8.49. The van der Waals surface area contributed by atoms with Gasteiger partial charge in [0.05, 0.1) is 17.1 Å². The van der Waals surface area contributed by atoms with Crippen LogP contribution in [0.15, 0.2) is 267 Å². The van der Waals surface area contributed by atoms with E-state index in [9.17, 15) is 0 Å². The van der Waals surface area contributed by atoms with Gasteiger partial charge in [0.25, 0.3) is 6.71 Å². The number of rotatable bonds is 9. The maximum Gasteiger partial charge on any atom is 0.252 e. The van der Waals surface area contributed by atoms with E-state index in [4.69, 9.17) is 0 Å². The first-order valence-corrected chi connectivity index (χ1v) is 27.5. The van der Waals surface area contributed by atoms with Gasteiger partial charge in [-0.1, -0.05) is 260 Å². The van der Waals surface area contributed by atoms with Crippen LogP contribution in [0.1, 0.15) is 52.7 Å². The van der Waals surface area contributed by atoms with Crippen LogP contribution in [0, 0.1) is 0 Å². The summed E-state index contributed by atoms with van der Waals surface area (Å²) in [5.41, 5.74) is 25.6. The van der Waals surface area contributed by atoms with Crippen molar-refractivity contribution in [3.05, 3.63) is 278 Å². The van der Waals surface area contributed by atoms with Crippen molar-refractivity contribution in [3.63, 3.8) is 0 Å². The molecule has 0 aliphatic carbocycles. The van der Waals surface area contributed by atoms with Crippen LogP contribution in [0.5, 0.6) is 0 Å². The molecule has 78 heavy (non-hydrogen) atoms. The topological polar surface area (TPSA) is 9.72 Å². The average Bonchev–Trinajstić information content (AvgIpc) is 3.63. The first kappa shape index (κ1) is 48.5. The predicted molar refractivity (Wildman–Crippen MR) is 334 cm³/mol. The molecule has 11 aromatic rings. The molecular formula is C74H62BN3. The lowest BCUT2D eigenvalue weighted by atomic mass is 9.33. The number of benzene rings is 11. The van der Waals surface area contributed by atoms with Gasteiger partial charge >= 0.3 is 0 Å². The fraction of sp³-hybridized carbons (Fsp3) is 0.108. The summed E-state index contributed by atoms with van der Waals surface area (Å²) in [5, 5.41) is 0. The maximum atomic E-state index is 2.65. The fourth-order valence-corrected chi connectivity index (χ4v) is 12.1. The molecule has 2 aliphatic rings. The number of hydrogen-bond acceptors (Lipinski definition) is 3. The van der Waals surface area contributed by atoms with Crippen LogP contribution >= 0.6 is 0 Å². The Kier molecular flexibility index (Phi) is 12.1. The zero-order chi connectivity index (χ0) is 53.1. The number of fused-ring (bicyclic) bond motifs is 4. The van der Waals surface area contributed by atoms with Crippen molar-refractivity contribution in [1.29, 1.82) is 0 Å². The molecule has 4 heteroatoms. The summed E-state index contributed by atoms with van der Waals surface area (Å²) < 4.78 is 0. The summed E-state index contributed by atoms with van der Waals surface area (Å²) in [7, 11) is 0. The lowest BCUT2D eigenvalue weighted by molar-refractivity contribution is 0.590. The molecule has 0 N–H and O–H groups in total. The van der Waals surface area contributed by atoms with Crippen molar-refractivity contribution in [3.8, 4) is 44.5 Å². The number of para-hydroxylation sites is 4. The van der Waals surface area contributed by atoms with Crippen LogP contribution in [0.2, 0.25) is 0 Å². The SMILES string of the molecule is CC(C)(C)c1ccc2c(c1)B1c3cc(C(C)(C)C)ccc3N(c3c(-c4ccccc4)cccc3-c3ccccc3)c3cc(N(c4ccccc4)c4ccccc4)cc(c31)N2c1c(-c2ccccc2)cccc1-c1ccccc1. The molecule has 376 valence electrons. The van der Waals surface area contributed by atoms with Crippen molar-refractivity contribution >= 4 is 74.3 Å². The van der Waals surface area contributed by atoms with E-state index in [1.165, 1.54) is 38.9 Å². The third-order valence-corrected chi connectivity index (χ3v) is 15.9. The van der Waals surface area contributed by atoms with Crippen LogP contribution in [0.4, 0.5) is 51.2 Å². The van der Waals surface area contributed by atoms with Gasteiger partial charge in [0.2, 0.25) is 0 Å². The lowest BCUT2D eigenvalue weighted by Gasteiger charge is -2.47. The van der Waals surface area contributed by atoms with Gasteiger partial charge in [-0.05, 0) is 109 Å². The molecule has 0 radical (unpaired) electrons. The van der Waals surface area contributed by atoms with Gasteiger partial charge in [0.15, 0.2) is 0 Å². The normalized spacial score (nSPS) is 12.7. The molecular weight excluding hydrogens is 942 g/mol. The Morgan fingerprint density at radius 3 is 0.910 bits per heavy atom. The van der Waals surface area contributed by atoms with Gasteiger partial charge in [-0.3, -0.25) is 0 Å². The van der Waals surface area contributed by atoms with E-state index in [1.54, 1.807) is 0 Å². The van der Waals surface area contributed by atoms with Crippen LogP contribution in [0.3, 0.4) is 0 Å². The molecule has 0 aromatic heterocycles. The quantitative estimate of drug-likeness (QED) is 0.133. The highest BCUT2D eigenvalue weighted by molar-refractivity contribution is 7.00. The van der Waals surface area contributed by atoms with Crippen molar-refractivity contribution in [2.45, 2.75) is 52.4 Å². The number of nitrogens with zero attached hydrogens (tertiary/aromatic N) is 3.